The zero-order valence-corrected chi connectivity index (χ0v) is 15.0. The lowest BCUT2D eigenvalue weighted by atomic mass is 10.1. The van der Waals surface area contributed by atoms with E-state index in [-0.39, 0.29) is 22.3 Å². The largest absolute Gasteiger partial charge is 0.481 e. The molecule has 11 heteroatoms. The number of urea groups is 1. The summed E-state index contributed by atoms with van der Waals surface area (Å²) in [6.07, 6.45) is 2.76. The number of carbonyl (C=O) groups is 1. The van der Waals surface area contributed by atoms with Crippen LogP contribution in [0.25, 0.3) is 0 Å². The minimum Gasteiger partial charge on any atom is -0.481 e. The Morgan fingerprint density at radius 3 is 2.65 bits per heavy atom. The lowest BCUT2D eigenvalue weighted by Gasteiger charge is -2.20. The molecule has 2 rings (SSSR count). The maximum atomic E-state index is 12.4. The van der Waals surface area contributed by atoms with Gasteiger partial charge in [0.05, 0.1) is 17.6 Å². The number of sulfonamides is 1. The van der Waals surface area contributed by atoms with Gasteiger partial charge >= 0.3 is 6.03 Å². The molecule has 0 fully saturated rings. The normalized spacial score (nSPS) is 16.5. The lowest BCUT2D eigenvalue weighted by Crippen LogP contribution is -2.39. The number of rotatable bonds is 5. The number of aromatic nitrogens is 2. The van der Waals surface area contributed by atoms with Gasteiger partial charge in [-0.2, -0.15) is 4.98 Å². The van der Waals surface area contributed by atoms with E-state index in [0.29, 0.717) is 5.69 Å². The Morgan fingerprint density at radius 1 is 1.31 bits per heavy atom. The van der Waals surface area contributed by atoms with Gasteiger partial charge in [0.25, 0.3) is 10.0 Å². The van der Waals surface area contributed by atoms with Crippen molar-refractivity contribution in [3.05, 3.63) is 40.5 Å². The molecule has 1 aliphatic carbocycles. The van der Waals surface area contributed by atoms with E-state index >= 15 is 0 Å². The second-order valence-corrected chi connectivity index (χ2v) is 6.72. The van der Waals surface area contributed by atoms with Crippen LogP contribution < -0.4 is 14.8 Å². The Morgan fingerprint density at radius 2 is 2.04 bits per heavy atom. The van der Waals surface area contributed by atoms with Crippen LogP contribution in [0.4, 0.5) is 10.7 Å². The van der Waals surface area contributed by atoms with Crippen molar-refractivity contribution in [1.29, 1.82) is 0 Å². The van der Waals surface area contributed by atoms with E-state index in [2.05, 4.69) is 15.3 Å². The van der Waals surface area contributed by atoms with Gasteiger partial charge in [0.2, 0.25) is 11.8 Å². The van der Waals surface area contributed by atoms with Crippen LogP contribution in [0.1, 0.15) is 5.69 Å². The van der Waals surface area contributed by atoms with Crippen LogP contribution in [0.3, 0.4) is 0 Å². The van der Waals surface area contributed by atoms with Crippen molar-refractivity contribution >= 4 is 27.9 Å². The second-order valence-electron chi connectivity index (χ2n) is 5.04. The molecule has 0 aromatic carbocycles. The van der Waals surface area contributed by atoms with E-state index in [1.54, 1.807) is 12.9 Å². The molecule has 1 heterocycles. The molecule has 10 nitrogen and oxygen atoms in total. The Hall–Kier alpha value is -3.01. The molecule has 0 radical (unpaired) electrons. The Bertz CT molecular complexity index is 931. The van der Waals surface area contributed by atoms with E-state index in [0.717, 1.165) is 0 Å². The molecule has 0 bridgehead atoms. The van der Waals surface area contributed by atoms with Crippen molar-refractivity contribution in [3.8, 4) is 5.88 Å². The molecule has 26 heavy (non-hydrogen) atoms. The first-order valence-electron chi connectivity index (χ1n) is 7.20. The number of hydrogen-bond acceptors (Lipinski definition) is 8. The number of anilines is 1. The van der Waals surface area contributed by atoms with Crippen LogP contribution >= 0.6 is 0 Å². The number of hydrogen-bond donors (Lipinski definition) is 2. The summed E-state index contributed by atoms with van der Waals surface area (Å²) in [5.41, 5.74) is 0.498. The highest BCUT2D eigenvalue weighted by atomic mass is 32.2. The topological polar surface area (TPSA) is 137 Å². The van der Waals surface area contributed by atoms with Crippen molar-refractivity contribution in [2.75, 3.05) is 19.5 Å². The SMILES string of the molecule is COc1cc(C)nc(NC(=O)NS(=O)(=O)C2=CC=CC(=C=O)C2OC)n1. The first-order chi connectivity index (χ1) is 12.3. The maximum Gasteiger partial charge on any atom is 0.335 e. The predicted molar refractivity (Wildman–Crippen MR) is 91.6 cm³/mol. The number of ether oxygens (including phenoxy) is 2. The highest BCUT2D eigenvalue weighted by Crippen LogP contribution is 2.23. The minimum atomic E-state index is -4.30. The van der Waals surface area contributed by atoms with E-state index in [4.69, 9.17) is 9.47 Å². The minimum absolute atomic E-state index is 0.0115. The van der Waals surface area contributed by atoms with Crippen molar-refractivity contribution in [2.45, 2.75) is 13.0 Å². The van der Waals surface area contributed by atoms with Crippen molar-refractivity contribution in [1.82, 2.24) is 14.7 Å². The molecule has 138 valence electrons. The number of nitrogens with zero attached hydrogens (tertiary/aromatic N) is 2. The third kappa shape index (κ3) is 4.33. The smallest absolute Gasteiger partial charge is 0.335 e. The number of carbonyl (C=O) groups excluding carboxylic acids is 2. The fraction of sp³-hybridized carbons (Fsp3) is 0.267. The van der Waals surface area contributed by atoms with Crippen LogP contribution in [0, 0.1) is 6.92 Å². The molecule has 1 aromatic heterocycles. The zero-order chi connectivity index (χ0) is 19.3. The number of methoxy groups -OCH3 is 2. The Labute approximate surface area is 149 Å². The van der Waals surface area contributed by atoms with Gasteiger partial charge in [-0.15, -0.1) is 0 Å². The van der Waals surface area contributed by atoms with Crippen LogP contribution in [0.15, 0.2) is 34.8 Å². The first-order valence-corrected chi connectivity index (χ1v) is 8.68. The summed E-state index contributed by atoms with van der Waals surface area (Å²) in [7, 11) is -1.67. The summed E-state index contributed by atoms with van der Waals surface area (Å²) in [5, 5.41) is 2.21. The van der Waals surface area contributed by atoms with Gasteiger partial charge in [-0.05, 0) is 19.1 Å². The molecule has 1 aromatic rings. The summed E-state index contributed by atoms with van der Waals surface area (Å²) < 4.78 is 36.7. The van der Waals surface area contributed by atoms with Gasteiger partial charge < -0.3 is 9.47 Å². The van der Waals surface area contributed by atoms with Gasteiger partial charge in [-0.25, -0.2) is 27.7 Å². The first kappa shape index (κ1) is 19.3. The summed E-state index contributed by atoms with van der Waals surface area (Å²) in [5.74, 6) is 1.68. The van der Waals surface area contributed by atoms with E-state index in [9.17, 15) is 18.0 Å². The maximum absolute atomic E-state index is 12.4. The molecule has 2 amide bonds. The van der Waals surface area contributed by atoms with Crippen LogP contribution in [-0.2, 0) is 19.6 Å². The van der Waals surface area contributed by atoms with Gasteiger partial charge in [0.1, 0.15) is 12.0 Å². The number of allylic oxidation sites excluding steroid dienone is 2. The standard InChI is InChI=1S/C15H16N4O6S/c1-9-7-12(24-2)17-14(16-9)18-15(21)19-26(22,23)11-6-4-5-10(8-20)13(11)25-3/h4-7,13H,1-3H3,(H2,16,17,18,19,21). The Kier molecular flexibility index (Phi) is 5.88. The third-order valence-corrected chi connectivity index (χ3v) is 4.66. The molecule has 1 atom stereocenters. The highest BCUT2D eigenvalue weighted by molar-refractivity contribution is 7.94. The number of amides is 2. The molecule has 2 N–H and O–H groups in total. The molecule has 0 aliphatic heterocycles. The van der Waals surface area contributed by atoms with Crippen LogP contribution in [0.2, 0.25) is 0 Å². The lowest BCUT2D eigenvalue weighted by molar-refractivity contribution is 0.167. The molecule has 1 aliphatic rings. The van der Waals surface area contributed by atoms with Crippen molar-refractivity contribution < 1.29 is 27.5 Å². The van der Waals surface area contributed by atoms with Gasteiger partial charge in [0.15, 0.2) is 0 Å². The van der Waals surface area contributed by atoms with Gasteiger partial charge in [0, 0.05) is 18.9 Å². The molecule has 0 saturated heterocycles. The average Bonchev–Trinajstić information content (AvgIpc) is 2.59. The van der Waals surface area contributed by atoms with E-state index < -0.39 is 22.2 Å². The van der Waals surface area contributed by atoms with Crippen LogP contribution in [-0.4, -0.2) is 50.7 Å². The average molecular weight is 380 g/mol. The summed E-state index contributed by atoms with van der Waals surface area (Å²) in [6, 6.07) is 0.453. The summed E-state index contributed by atoms with van der Waals surface area (Å²) in [4.78, 5) is 30.5. The molecule has 1 unspecified atom stereocenters. The molecular formula is C15H16N4O6S. The van der Waals surface area contributed by atoms with E-state index in [1.807, 2.05) is 4.72 Å². The second kappa shape index (κ2) is 7.91. The summed E-state index contributed by atoms with van der Waals surface area (Å²) in [6.45, 7) is 1.65. The van der Waals surface area contributed by atoms with Gasteiger partial charge in [-0.1, -0.05) is 6.08 Å². The zero-order valence-electron chi connectivity index (χ0n) is 14.1. The van der Waals surface area contributed by atoms with E-state index in [1.165, 1.54) is 38.5 Å². The molecule has 0 spiro atoms. The predicted octanol–water partition coefficient (Wildman–Crippen LogP) is 0.472. The highest BCUT2D eigenvalue weighted by Gasteiger charge is 2.32. The molecular weight excluding hydrogens is 364 g/mol. The number of nitrogens with one attached hydrogen (secondary N) is 2. The summed E-state index contributed by atoms with van der Waals surface area (Å²) >= 11 is 0. The molecule has 0 saturated carbocycles. The van der Waals surface area contributed by atoms with Crippen molar-refractivity contribution in [3.63, 3.8) is 0 Å². The van der Waals surface area contributed by atoms with Crippen LogP contribution in [0.5, 0.6) is 5.88 Å². The fourth-order valence-electron chi connectivity index (χ4n) is 2.14. The fourth-order valence-corrected chi connectivity index (χ4v) is 3.32. The number of aryl methyl sites for hydroxylation is 1. The Balaban J connectivity index is 2.20. The quantitative estimate of drug-likeness (QED) is 0.704. The third-order valence-electron chi connectivity index (χ3n) is 3.23. The monoisotopic (exact) mass is 380 g/mol. The van der Waals surface area contributed by atoms with Crippen molar-refractivity contribution in [2.24, 2.45) is 0 Å². The van der Waals surface area contributed by atoms with Gasteiger partial charge in [-0.3, -0.25) is 5.32 Å².